The minimum atomic E-state index is -4.15. The molecule has 2 N–H and O–H groups in total. The van der Waals surface area contributed by atoms with E-state index in [9.17, 15) is 13.5 Å². The Kier molecular flexibility index (Phi) is 5.09. The number of hydrogen-bond acceptors (Lipinski definition) is 5. The van der Waals surface area contributed by atoms with Gasteiger partial charge in [0.05, 0.1) is 5.60 Å². The van der Waals surface area contributed by atoms with Gasteiger partial charge in [0.25, 0.3) is 0 Å². The molecule has 1 rings (SSSR count). The molecule has 1 aliphatic carbocycles. The van der Waals surface area contributed by atoms with Crippen LogP contribution in [0.4, 0.5) is 0 Å². The maximum Gasteiger partial charge on any atom is 0.302 e. The number of aliphatic hydroxyl groups excluding tert-OH is 1. The summed E-state index contributed by atoms with van der Waals surface area (Å²) in [6.45, 7) is 4.73. The van der Waals surface area contributed by atoms with Crippen molar-refractivity contribution in [2.24, 2.45) is 0 Å². The van der Waals surface area contributed by atoms with Crippen molar-refractivity contribution in [1.29, 1.82) is 0 Å². The van der Waals surface area contributed by atoms with Crippen LogP contribution in [0.3, 0.4) is 0 Å². The molecule has 1 radical (unpaired) electrons. The normalized spacial score (nSPS) is 25.1. The first kappa shape index (κ1) is 16.7. The fraction of sp³-hybridized carbons (Fsp3) is 0.600. The van der Waals surface area contributed by atoms with E-state index in [-0.39, 0.29) is 31.0 Å². The third kappa shape index (κ3) is 4.16. The van der Waals surface area contributed by atoms with Crippen molar-refractivity contribution in [3.8, 4) is 0 Å². The van der Waals surface area contributed by atoms with Crippen LogP contribution in [-0.2, 0) is 14.3 Å². The van der Waals surface area contributed by atoms with E-state index in [1.165, 1.54) is 6.08 Å². The first-order valence-corrected chi connectivity index (χ1v) is 6.22. The quantitative estimate of drug-likeness (QED) is 0.564. The zero-order valence-electron chi connectivity index (χ0n) is 10.5. The fourth-order valence-electron chi connectivity index (χ4n) is 1.19. The van der Waals surface area contributed by atoms with Crippen LogP contribution < -0.4 is 0 Å². The molecule has 1 atom stereocenters. The number of aliphatic hydroxyl groups is 2. The van der Waals surface area contributed by atoms with Gasteiger partial charge in [0, 0.05) is 25.3 Å². The van der Waals surface area contributed by atoms with Gasteiger partial charge in [0.15, 0.2) is 0 Å². The van der Waals surface area contributed by atoms with Gasteiger partial charge in [-0.3, -0.25) is 4.18 Å². The third-order valence-corrected chi connectivity index (χ3v) is 3.80. The monoisotopic (exact) mass is 255 g/mol. The summed E-state index contributed by atoms with van der Waals surface area (Å²) in [7, 11) is -4.15. The maximum absolute atomic E-state index is 11.8. The second kappa shape index (κ2) is 5.17. The van der Waals surface area contributed by atoms with Gasteiger partial charge in [0.1, 0.15) is 5.76 Å². The molecule has 0 aromatic heterocycles. The van der Waals surface area contributed by atoms with E-state index in [0.29, 0.717) is 0 Å². The molecule has 0 heterocycles. The van der Waals surface area contributed by atoms with E-state index in [1.807, 2.05) is 0 Å². The largest absolute Gasteiger partial charge is 0.508 e. The molecule has 0 saturated heterocycles. The molecule has 0 aromatic rings. The average Bonchev–Trinajstić information content (AvgIpc) is 2.06. The average molecular weight is 255 g/mol. The van der Waals surface area contributed by atoms with Crippen molar-refractivity contribution in [1.82, 2.24) is 0 Å². The number of hydrogen-bond donors (Lipinski definition) is 2. The first-order chi connectivity index (χ1) is 7.06. The van der Waals surface area contributed by atoms with Crippen LogP contribution in [0.15, 0.2) is 24.0 Å². The Bertz CT molecular complexity index is 432. The minimum absolute atomic E-state index is 0. The molecule has 0 bridgehead atoms. The van der Waals surface area contributed by atoms with Crippen molar-refractivity contribution in [3.63, 3.8) is 0 Å². The molecule has 0 aliphatic heterocycles. The summed E-state index contributed by atoms with van der Waals surface area (Å²) in [5.74, 6) is -0.0735. The Morgan fingerprint density at radius 3 is 2.29 bits per heavy atom. The molecule has 1 unspecified atom stereocenters. The van der Waals surface area contributed by atoms with Crippen molar-refractivity contribution >= 4 is 29.0 Å². The summed E-state index contributed by atoms with van der Waals surface area (Å²) >= 11 is 0. The molecule has 1 aliphatic rings. The van der Waals surface area contributed by atoms with E-state index < -0.39 is 20.7 Å². The summed E-state index contributed by atoms with van der Waals surface area (Å²) in [6.07, 6.45) is 3.15. The van der Waals surface area contributed by atoms with Crippen molar-refractivity contribution in [3.05, 3.63) is 24.0 Å². The van der Waals surface area contributed by atoms with Crippen LogP contribution >= 0.6 is 0 Å². The fourth-order valence-corrected chi connectivity index (χ4v) is 2.51. The minimum Gasteiger partial charge on any atom is -0.508 e. The molecular formula is C10H16LiO5S. The van der Waals surface area contributed by atoms with Gasteiger partial charge in [-0.15, -0.1) is 0 Å². The Balaban J connectivity index is 0.00000256. The zero-order valence-corrected chi connectivity index (χ0v) is 11.3. The van der Waals surface area contributed by atoms with E-state index in [4.69, 9.17) is 9.29 Å². The standard InChI is InChI=1S/C10H16O5S.Li/c1-9(2,3)15-16(13,14)10(12)6-4-8(11)5-7-10;/h4-6,11-12H,7H2,1-3H3;. The predicted molar refractivity (Wildman–Crippen MR) is 64.9 cm³/mol. The molecular weight excluding hydrogens is 239 g/mol. The number of rotatable bonds is 2. The maximum atomic E-state index is 11.8. The topological polar surface area (TPSA) is 83.8 Å². The summed E-state index contributed by atoms with van der Waals surface area (Å²) in [5.41, 5.74) is -0.911. The third-order valence-electron chi connectivity index (χ3n) is 1.91. The molecule has 93 valence electrons. The van der Waals surface area contributed by atoms with Crippen molar-refractivity contribution in [2.75, 3.05) is 0 Å². The van der Waals surface area contributed by atoms with Crippen LogP contribution in [0.25, 0.3) is 0 Å². The Morgan fingerprint density at radius 2 is 1.94 bits per heavy atom. The number of allylic oxidation sites excluding steroid dienone is 1. The van der Waals surface area contributed by atoms with Gasteiger partial charge >= 0.3 is 10.1 Å². The molecule has 0 saturated carbocycles. The first-order valence-electron chi connectivity index (χ1n) is 4.82. The Hall–Kier alpha value is -0.253. The summed E-state index contributed by atoms with van der Waals surface area (Å²) < 4.78 is 28.5. The molecule has 7 heteroatoms. The molecule has 0 spiro atoms. The van der Waals surface area contributed by atoms with Gasteiger partial charge < -0.3 is 10.2 Å². The predicted octanol–water partition coefficient (Wildman–Crippen LogP) is 0.841. The molecule has 0 fully saturated rings. The molecule has 17 heavy (non-hydrogen) atoms. The van der Waals surface area contributed by atoms with Gasteiger partial charge in [-0.1, -0.05) is 0 Å². The van der Waals surface area contributed by atoms with Crippen molar-refractivity contribution in [2.45, 2.75) is 37.7 Å². The van der Waals surface area contributed by atoms with E-state index >= 15 is 0 Å². The Labute approximate surface area is 113 Å². The van der Waals surface area contributed by atoms with Gasteiger partial charge in [-0.2, -0.15) is 8.42 Å². The van der Waals surface area contributed by atoms with E-state index in [0.717, 1.165) is 12.2 Å². The summed E-state index contributed by atoms with van der Waals surface area (Å²) in [4.78, 5) is -2.10. The van der Waals surface area contributed by atoms with Crippen LogP contribution in [0, 0.1) is 0 Å². The van der Waals surface area contributed by atoms with E-state index in [2.05, 4.69) is 0 Å². The van der Waals surface area contributed by atoms with Crippen LogP contribution in [0.1, 0.15) is 27.2 Å². The second-order valence-electron chi connectivity index (χ2n) is 4.66. The van der Waals surface area contributed by atoms with Gasteiger partial charge in [0.2, 0.25) is 4.93 Å². The second-order valence-corrected chi connectivity index (χ2v) is 6.44. The van der Waals surface area contributed by atoms with Gasteiger partial charge in [-0.25, -0.2) is 0 Å². The van der Waals surface area contributed by atoms with E-state index in [1.54, 1.807) is 20.8 Å². The molecule has 5 nitrogen and oxygen atoms in total. The Morgan fingerprint density at radius 1 is 1.41 bits per heavy atom. The SMILES string of the molecule is CC(C)(C)OS(=O)(=O)C1(O)C=CC(O)=CC1.[Li]. The van der Waals surface area contributed by atoms with Gasteiger partial charge in [-0.05, 0) is 39.0 Å². The van der Waals surface area contributed by atoms with Crippen LogP contribution in [0.5, 0.6) is 0 Å². The smallest absolute Gasteiger partial charge is 0.302 e. The molecule has 0 amide bonds. The van der Waals surface area contributed by atoms with Crippen LogP contribution in [-0.4, -0.2) is 48.0 Å². The zero-order chi connectivity index (χ0) is 12.6. The summed E-state index contributed by atoms with van der Waals surface area (Å²) in [5, 5.41) is 19.0. The molecule has 0 aromatic carbocycles. The summed E-state index contributed by atoms with van der Waals surface area (Å²) in [6, 6.07) is 0. The van der Waals surface area contributed by atoms with Crippen molar-refractivity contribution < 1.29 is 22.8 Å². The van der Waals surface area contributed by atoms with Crippen LogP contribution in [0.2, 0.25) is 0 Å².